The van der Waals surface area contributed by atoms with Crippen molar-refractivity contribution in [3.63, 3.8) is 0 Å². The molecule has 4 fully saturated rings. The Bertz CT molecular complexity index is 587. The summed E-state index contributed by atoms with van der Waals surface area (Å²) in [6.45, 7) is 17.4. The van der Waals surface area contributed by atoms with Crippen LogP contribution in [-0.2, 0) is 4.74 Å². The van der Waals surface area contributed by atoms with E-state index in [0.29, 0.717) is 23.5 Å². The molecule has 0 aliphatic heterocycles. The molecule has 1 N–H and O–H groups in total. The summed E-state index contributed by atoms with van der Waals surface area (Å²) in [5, 5.41) is 9.15. The van der Waals surface area contributed by atoms with Crippen LogP contribution in [0, 0.1) is 52.3 Å². The minimum atomic E-state index is 0.167. The number of aliphatic hydroxyl groups excluding tert-OH is 1. The molecular formula is C31H58O2. The Hall–Kier alpha value is -0.0800. The topological polar surface area (TPSA) is 29.5 Å². The summed E-state index contributed by atoms with van der Waals surface area (Å²) in [7, 11) is 0. The predicted octanol–water partition coefficient (Wildman–Crippen LogP) is 8.51. The summed E-state index contributed by atoms with van der Waals surface area (Å²) < 4.78 is 5.98. The average molecular weight is 463 g/mol. The first-order valence-corrected chi connectivity index (χ1v) is 15.0. The lowest BCUT2D eigenvalue weighted by atomic mass is 9.44. The van der Waals surface area contributed by atoms with Gasteiger partial charge in [-0.1, -0.05) is 67.7 Å². The number of aliphatic hydroxyl groups is 1. The number of fused-ring (bicyclic) bond motifs is 5. The molecule has 33 heavy (non-hydrogen) atoms. The average Bonchev–Trinajstić information content (AvgIpc) is 3.16. The summed E-state index contributed by atoms with van der Waals surface area (Å²) in [6.07, 6.45) is 17.4. The van der Waals surface area contributed by atoms with E-state index in [1.54, 1.807) is 0 Å². The molecule has 0 aromatic carbocycles. The van der Waals surface area contributed by atoms with Crippen LogP contribution in [0.25, 0.3) is 0 Å². The second kappa shape index (κ2) is 11.8. The lowest BCUT2D eigenvalue weighted by Gasteiger charge is -2.61. The van der Waals surface area contributed by atoms with Gasteiger partial charge < -0.3 is 9.84 Å². The third-order valence-electron chi connectivity index (χ3n) is 11.3. The molecule has 4 rings (SSSR count). The number of hydrogen-bond donors (Lipinski definition) is 1. The van der Waals surface area contributed by atoms with Crippen LogP contribution in [-0.4, -0.2) is 24.4 Å². The lowest BCUT2D eigenvalue weighted by Crippen LogP contribution is -2.54. The Labute approximate surface area is 207 Å². The highest BCUT2D eigenvalue weighted by atomic mass is 16.5. The smallest absolute Gasteiger partial charge is 0.0701 e. The zero-order valence-corrected chi connectivity index (χ0v) is 23.4. The fraction of sp³-hybridized carbons (Fsp3) is 1.00. The molecule has 2 nitrogen and oxygen atoms in total. The SMILES string of the molecule is CC.CC(C)CCC[C@@H](C)C1CCC2C3CC[C@@H]4C[C@@H](OCCO)CC[C@]4(C)C3CC[C@@]21C. The molecule has 0 amide bonds. The molecule has 0 aromatic rings. The van der Waals surface area contributed by atoms with Gasteiger partial charge in [0.15, 0.2) is 0 Å². The molecule has 2 heteroatoms. The molecule has 9 atom stereocenters. The first kappa shape index (κ1) is 27.5. The highest BCUT2D eigenvalue weighted by Crippen LogP contribution is 2.68. The van der Waals surface area contributed by atoms with Crippen molar-refractivity contribution >= 4 is 0 Å². The van der Waals surface area contributed by atoms with E-state index in [1.807, 2.05) is 13.8 Å². The second-order valence-electron chi connectivity index (χ2n) is 13.2. The summed E-state index contributed by atoms with van der Waals surface area (Å²) >= 11 is 0. The fourth-order valence-corrected chi connectivity index (χ4v) is 9.61. The van der Waals surface area contributed by atoms with Crippen molar-refractivity contribution in [1.29, 1.82) is 0 Å². The summed E-state index contributed by atoms with van der Waals surface area (Å²) in [6, 6.07) is 0. The zero-order valence-electron chi connectivity index (χ0n) is 23.4. The fourth-order valence-electron chi connectivity index (χ4n) is 9.61. The maximum atomic E-state index is 9.15. The Morgan fingerprint density at radius 1 is 0.848 bits per heavy atom. The largest absolute Gasteiger partial charge is 0.394 e. The van der Waals surface area contributed by atoms with Gasteiger partial charge in [-0.05, 0) is 110 Å². The van der Waals surface area contributed by atoms with Crippen molar-refractivity contribution in [3.05, 3.63) is 0 Å². The van der Waals surface area contributed by atoms with Gasteiger partial charge in [-0.25, -0.2) is 0 Å². The maximum Gasteiger partial charge on any atom is 0.0701 e. The van der Waals surface area contributed by atoms with Crippen molar-refractivity contribution in [2.75, 3.05) is 13.2 Å². The summed E-state index contributed by atoms with van der Waals surface area (Å²) in [4.78, 5) is 0. The van der Waals surface area contributed by atoms with Gasteiger partial charge >= 0.3 is 0 Å². The van der Waals surface area contributed by atoms with Crippen molar-refractivity contribution in [3.8, 4) is 0 Å². The van der Waals surface area contributed by atoms with E-state index < -0.39 is 0 Å². The van der Waals surface area contributed by atoms with Gasteiger partial charge in [0.1, 0.15) is 0 Å². The molecule has 4 unspecified atom stereocenters. The van der Waals surface area contributed by atoms with Crippen LogP contribution in [0.5, 0.6) is 0 Å². The molecule has 4 saturated carbocycles. The number of rotatable bonds is 8. The van der Waals surface area contributed by atoms with Crippen LogP contribution in [0.2, 0.25) is 0 Å². The third kappa shape index (κ3) is 5.52. The Kier molecular flexibility index (Phi) is 9.81. The van der Waals surface area contributed by atoms with Crippen LogP contribution < -0.4 is 0 Å². The molecule has 0 aromatic heterocycles. The van der Waals surface area contributed by atoms with Crippen molar-refractivity contribution in [2.45, 2.75) is 132 Å². The van der Waals surface area contributed by atoms with Gasteiger partial charge in [-0.15, -0.1) is 0 Å². The minimum Gasteiger partial charge on any atom is -0.394 e. The van der Waals surface area contributed by atoms with Crippen LogP contribution >= 0.6 is 0 Å². The molecule has 4 aliphatic rings. The lowest BCUT2D eigenvalue weighted by molar-refractivity contribution is -0.138. The van der Waals surface area contributed by atoms with Crippen molar-refractivity contribution in [1.82, 2.24) is 0 Å². The molecule has 194 valence electrons. The molecule has 0 radical (unpaired) electrons. The van der Waals surface area contributed by atoms with Crippen LogP contribution in [0.3, 0.4) is 0 Å². The molecular weight excluding hydrogens is 404 g/mol. The van der Waals surface area contributed by atoms with Gasteiger partial charge in [0.05, 0.1) is 19.3 Å². The van der Waals surface area contributed by atoms with E-state index >= 15 is 0 Å². The van der Waals surface area contributed by atoms with Crippen molar-refractivity contribution < 1.29 is 9.84 Å². The van der Waals surface area contributed by atoms with Gasteiger partial charge in [0.25, 0.3) is 0 Å². The highest BCUT2D eigenvalue weighted by molar-refractivity contribution is 5.09. The molecule has 0 spiro atoms. The minimum absolute atomic E-state index is 0.167. The van der Waals surface area contributed by atoms with Gasteiger partial charge in [-0.3, -0.25) is 0 Å². The third-order valence-corrected chi connectivity index (χ3v) is 11.3. The Morgan fingerprint density at radius 2 is 1.55 bits per heavy atom. The highest BCUT2D eigenvalue weighted by Gasteiger charge is 2.60. The summed E-state index contributed by atoms with van der Waals surface area (Å²) in [5.41, 5.74) is 1.16. The number of hydrogen-bond acceptors (Lipinski definition) is 2. The van der Waals surface area contributed by atoms with Gasteiger partial charge in [0.2, 0.25) is 0 Å². The maximum absolute atomic E-state index is 9.15. The standard InChI is InChI=1S/C29H52O2.C2H6/c1-20(2)7-6-8-21(3)25-11-12-26-24-10-9-22-19-23(31-18-17-30)13-15-28(22,4)27(24)14-16-29(25,26)5;1-2/h20-27,30H,6-19H2,1-5H3;1-2H3/t21-,22-,23+,24?,25?,26?,27?,28+,29-;/m1./s1. The quantitative estimate of drug-likeness (QED) is 0.391. The monoisotopic (exact) mass is 462 g/mol. The summed E-state index contributed by atoms with van der Waals surface area (Å²) in [5.74, 6) is 6.53. The molecule has 0 saturated heterocycles. The molecule has 0 heterocycles. The Morgan fingerprint density at radius 3 is 2.24 bits per heavy atom. The van der Waals surface area contributed by atoms with Crippen LogP contribution in [0.4, 0.5) is 0 Å². The van der Waals surface area contributed by atoms with E-state index in [1.165, 1.54) is 77.0 Å². The second-order valence-corrected chi connectivity index (χ2v) is 13.2. The van der Waals surface area contributed by atoms with Crippen LogP contribution in [0.15, 0.2) is 0 Å². The first-order chi connectivity index (χ1) is 15.8. The van der Waals surface area contributed by atoms with E-state index in [2.05, 4.69) is 34.6 Å². The molecule has 0 bridgehead atoms. The number of ether oxygens (including phenoxy) is 1. The van der Waals surface area contributed by atoms with Crippen LogP contribution in [0.1, 0.15) is 126 Å². The van der Waals surface area contributed by atoms with E-state index in [4.69, 9.17) is 9.84 Å². The molecule has 4 aliphatic carbocycles. The van der Waals surface area contributed by atoms with Crippen molar-refractivity contribution in [2.24, 2.45) is 52.3 Å². The van der Waals surface area contributed by atoms with Gasteiger partial charge in [-0.2, -0.15) is 0 Å². The van der Waals surface area contributed by atoms with E-state index in [-0.39, 0.29) is 6.61 Å². The van der Waals surface area contributed by atoms with E-state index in [9.17, 15) is 0 Å². The normalized spacial score (nSPS) is 43.2. The van der Waals surface area contributed by atoms with E-state index in [0.717, 1.165) is 41.4 Å². The van der Waals surface area contributed by atoms with Gasteiger partial charge in [0, 0.05) is 0 Å². The predicted molar refractivity (Wildman–Crippen MR) is 141 cm³/mol. The first-order valence-electron chi connectivity index (χ1n) is 15.0. The zero-order chi connectivity index (χ0) is 24.2. The Balaban J connectivity index is 0.00000149.